The Labute approximate surface area is 125 Å². The van der Waals surface area contributed by atoms with E-state index >= 15 is 0 Å². The molecule has 1 aromatic heterocycles. The molecule has 2 heterocycles. The van der Waals surface area contributed by atoms with Crippen LogP contribution in [0.2, 0.25) is 0 Å². The number of hydrogen-bond acceptors (Lipinski definition) is 3. The van der Waals surface area contributed by atoms with Crippen LogP contribution in [0, 0.1) is 19.8 Å². The van der Waals surface area contributed by atoms with Crippen LogP contribution in [0.3, 0.4) is 0 Å². The molecule has 0 unspecified atom stereocenters. The third-order valence-electron chi connectivity index (χ3n) is 4.04. The average molecular weight is 292 g/mol. The fourth-order valence-electron chi connectivity index (χ4n) is 2.79. The summed E-state index contributed by atoms with van der Waals surface area (Å²) in [5.74, 6) is 0.221. The number of carbonyl (C=O) groups is 2. The van der Waals surface area contributed by atoms with Crippen molar-refractivity contribution in [2.24, 2.45) is 5.92 Å². The number of carbonyl (C=O) groups excluding carboxylic acids is 2. The van der Waals surface area contributed by atoms with Crippen LogP contribution in [0.4, 0.5) is 0 Å². The van der Waals surface area contributed by atoms with Crippen LogP contribution in [0.15, 0.2) is 6.07 Å². The molecule has 116 valence electrons. The normalized spacial score (nSPS) is 16.0. The Morgan fingerprint density at radius 2 is 2.00 bits per heavy atom. The number of likely N-dealkylation sites (tertiary alicyclic amines) is 1. The molecule has 0 aromatic carbocycles. The predicted octanol–water partition coefficient (Wildman–Crippen LogP) is 0.875. The van der Waals surface area contributed by atoms with Crippen molar-refractivity contribution in [1.82, 2.24) is 20.0 Å². The molecule has 0 aliphatic carbocycles. The maximum atomic E-state index is 12.1. The Kier molecular flexibility index (Phi) is 4.98. The third-order valence-corrected chi connectivity index (χ3v) is 4.04. The molecular weight excluding hydrogens is 268 g/mol. The van der Waals surface area contributed by atoms with Gasteiger partial charge in [0.1, 0.15) is 0 Å². The zero-order chi connectivity index (χ0) is 15.4. The molecule has 1 aromatic rings. The van der Waals surface area contributed by atoms with E-state index in [4.69, 9.17) is 0 Å². The zero-order valence-electron chi connectivity index (χ0n) is 13.1. The molecule has 2 amide bonds. The number of rotatable bonds is 4. The summed E-state index contributed by atoms with van der Waals surface area (Å²) < 4.78 is 1.91. The lowest BCUT2D eigenvalue weighted by atomic mass is 9.96. The van der Waals surface area contributed by atoms with E-state index in [-0.39, 0.29) is 17.7 Å². The van der Waals surface area contributed by atoms with Crippen molar-refractivity contribution in [2.75, 3.05) is 19.6 Å². The van der Waals surface area contributed by atoms with Crippen molar-refractivity contribution < 1.29 is 9.59 Å². The van der Waals surface area contributed by atoms with Gasteiger partial charge in [-0.05, 0) is 32.8 Å². The molecule has 21 heavy (non-hydrogen) atoms. The highest BCUT2D eigenvalue weighted by Crippen LogP contribution is 2.17. The van der Waals surface area contributed by atoms with Gasteiger partial charge in [-0.15, -0.1) is 0 Å². The van der Waals surface area contributed by atoms with Gasteiger partial charge in [-0.1, -0.05) is 0 Å². The highest BCUT2D eigenvalue weighted by molar-refractivity contribution is 5.79. The minimum atomic E-state index is 0.0288. The van der Waals surface area contributed by atoms with Crippen LogP contribution in [0.25, 0.3) is 0 Å². The highest BCUT2D eigenvalue weighted by Gasteiger charge is 2.25. The quantitative estimate of drug-likeness (QED) is 0.895. The average Bonchev–Trinajstić information content (AvgIpc) is 2.77. The van der Waals surface area contributed by atoms with Gasteiger partial charge in [-0.25, -0.2) is 0 Å². The molecule has 0 bridgehead atoms. The molecule has 0 spiro atoms. The van der Waals surface area contributed by atoms with E-state index in [1.165, 1.54) is 0 Å². The minimum Gasteiger partial charge on any atom is -0.354 e. The summed E-state index contributed by atoms with van der Waals surface area (Å²) in [5, 5.41) is 7.35. The summed E-state index contributed by atoms with van der Waals surface area (Å²) in [6.07, 6.45) is 1.51. The summed E-state index contributed by atoms with van der Waals surface area (Å²) in [4.78, 5) is 25.2. The van der Waals surface area contributed by atoms with E-state index in [0.717, 1.165) is 24.2 Å². The van der Waals surface area contributed by atoms with E-state index < -0.39 is 0 Å². The second kappa shape index (κ2) is 6.74. The van der Waals surface area contributed by atoms with Crippen molar-refractivity contribution >= 4 is 11.8 Å². The highest BCUT2D eigenvalue weighted by atomic mass is 16.2. The van der Waals surface area contributed by atoms with Crippen LogP contribution in [-0.2, 0) is 16.1 Å². The first kappa shape index (κ1) is 15.5. The fourth-order valence-corrected chi connectivity index (χ4v) is 2.79. The molecular formula is C15H24N4O2. The Bertz CT molecular complexity index is 516. The fraction of sp³-hybridized carbons (Fsp3) is 0.667. The predicted molar refractivity (Wildman–Crippen MR) is 79.7 cm³/mol. The number of aromatic nitrogens is 2. The third kappa shape index (κ3) is 4.06. The second-order valence-corrected chi connectivity index (χ2v) is 5.72. The first-order valence-corrected chi connectivity index (χ1v) is 7.51. The maximum absolute atomic E-state index is 12.1. The molecule has 1 aliphatic rings. The van der Waals surface area contributed by atoms with Gasteiger partial charge in [0.05, 0.1) is 12.2 Å². The molecule has 6 nitrogen and oxygen atoms in total. The van der Waals surface area contributed by atoms with Gasteiger partial charge < -0.3 is 10.2 Å². The topological polar surface area (TPSA) is 67.2 Å². The van der Waals surface area contributed by atoms with E-state index in [0.29, 0.717) is 26.2 Å². The first-order valence-electron chi connectivity index (χ1n) is 7.51. The van der Waals surface area contributed by atoms with Gasteiger partial charge in [-0.3, -0.25) is 14.3 Å². The van der Waals surface area contributed by atoms with Crippen molar-refractivity contribution in [3.8, 4) is 0 Å². The van der Waals surface area contributed by atoms with Crippen LogP contribution >= 0.6 is 0 Å². The van der Waals surface area contributed by atoms with Gasteiger partial charge in [-0.2, -0.15) is 5.10 Å². The molecule has 0 atom stereocenters. The van der Waals surface area contributed by atoms with E-state index in [2.05, 4.69) is 10.4 Å². The Morgan fingerprint density at radius 1 is 1.33 bits per heavy atom. The van der Waals surface area contributed by atoms with Crippen molar-refractivity contribution in [3.05, 3.63) is 17.5 Å². The van der Waals surface area contributed by atoms with E-state index in [9.17, 15) is 9.59 Å². The van der Waals surface area contributed by atoms with Crippen LogP contribution < -0.4 is 5.32 Å². The maximum Gasteiger partial charge on any atom is 0.223 e. The van der Waals surface area contributed by atoms with Crippen LogP contribution in [0.1, 0.15) is 31.2 Å². The Hall–Kier alpha value is -1.85. The monoisotopic (exact) mass is 292 g/mol. The number of nitrogens with zero attached hydrogens (tertiary/aromatic N) is 3. The number of piperidine rings is 1. The number of amides is 2. The molecule has 2 rings (SSSR count). The van der Waals surface area contributed by atoms with E-state index in [1.807, 2.05) is 24.6 Å². The molecule has 1 fully saturated rings. The molecule has 1 saturated heterocycles. The summed E-state index contributed by atoms with van der Waals surface area (Å²) >= 11 is 0. The lowest BCUT2D eigenvalue weighted by molar-refractivity contribution is -0.133. The van der Waals surface area contributed by atoms with Crippen molar-refractivity contribution in [3.63, 3.8) is 0 Å². The van der Waals surface area contributed by atoms with Gasteiger partial charge in [0.15, 0.2) is 0 Å². The summed E-state index contributed by atoms with van der Waals surface area (Å²) in [6.45, 7) is 8.21. The SMILES string of the molecule is CC(=O)N1CCC(C(=O)NCCn2nc(C)cc2C)CC1. The Morgan fingerprint density at radius 3 is 2.52 bits per heavy atom. The summed E-state index contributed by atoms with van der Waals surface area (Å²) in [5.41, 5.74) is 2.10. The van der Waals surface area contributed by atoms with Gasteiger partial charge in [0, 0.05) is 38.2 Å². The standard InChI is InChI=1S/C15H24N4O2/c1-11-10-12(2)19(17-11)9-6-16-15(21)14-4-7-18(8-5-14)13(3)20/h10,14H,4-9H2,1-3H3,(H,16,21). The van der Waals surface area contributed by atoms with Crippen LogP contribution in [-0.4, -0.2) is 46.1 Å². The van der Waals surface area contributed by atoms with E-state index in [1.54, 1.807) is 11.8 Å². The largest absolute Gasteiger partial charge is 0.354 e. The number of hydrogen-bond donors (Lipinski definition) is 1. The second-order valence-electron chi connectivity index (χ2n) is 5.72. The Balaban J connectivity index is 1.73. The van der Waals surface area contributed by atoms with Gasteiger partial charge >= 0.3 is 0 Å². The molecule has 1 aliphatic heterocycles. The molecule has 0 saturated carbocycles. The van der Waals surface area contributed by atoms with Crippen molar-refractivity contribution in [2.45, 2.75) is 40.2 Å². The number of nitrogens with one attached hydrogen (secondary N) is 1. The van der Waals surface area contributed by atoms with Crippen LogP contribution in [0.5, 0.6) is 0 Å². The lowest BCUT2D eigenvalue weighted by Crippen LogP contribution is -2.42. The van der Waals surface area contributed by atoms with Gasteiger partial charge in [0.25, 0.3) is 0 Å². The molecule has 6 heteroatoms. The molecule has 0 radical (unpaired) electrons. The first-order chi connectivity index (χ1) is 9.97. The van der Waals surface area contributed by atoms with Crippen molar-refractivity contribution in [1.29, 1.82) is 0 Å². The lowest BCUT2D eigenvalue weighted by Gasteiger charge is -2.30. The molecule has 1 N–H and O–H groups in total. The van der Waals surface area contributed by atoms with Gasteiger partial charge in [0.2, 0.25) is 11.8 Å². The minimum absolute atomic E-state index is 0.0288. The number of aryl methyl sites for hydroxylation is 2. The smallest absolute Gasteiger partial charge is 0.223 e. The zero-order valence-corrected chi connectivity index (χ0v) is 13.1. The summed E-state index contributed by atoms with van der Waals surface area (Å²) in [6, 6.07) is 2.03. The summed E-state index contributed by atoms with van der Waals surface area (Å²) in [7, 11) is 0.